The van der Waals surface area contributed by atoms with E-state index in [1.165, 1.54) is 6.08 Å². The first-order valence-electron chi connectivity index (χ1n) is 5.49. The van der Waals surface area contributed by atoms with Crippen molar-refractivity contribution in [2.24, 2.45) is 0 Å². The van der Waals surface area contributed by atoms with Crippen LogP contribution in [-0.2, 0) is 14.3 Å². The van der Waals surface area contributed by atoms with Crippen LogP contribution in [-0.4, -0.2) is 36.7 Å². The highest BCUT2D eigenvalue weighted by molar-refractivity contribution is 5.91. The van der Waals surface area contributed by atoms with Crippen LogP contribution in [0.1, 0.15) is 5.56 Å². The second-order valence-corrected chi connectivity index (χ2v) is 3.48. The standard InChI is InChI=1S/C13H15NO4/c15-12(14-8-9-18-10-13(16)17)7-6-11-4-2-1-3-5-11/h1-7H,8-10H2,(H,14,15)(H,16,17). The van der Waals surface area contributed by atoms with Crippen LogP contribution in [0.15, 0.2) is 36.4 Å². The first-order valence-corrected chi connectivity index (χ1v) is 5.49. The fraction of sp³-hybridized carbons (Fsp3) is 0.231. The zero-order valence-corrected chi connectivity index (χ0v) is 9.83. The molecule has 1 aromatic carbocycles. The third-order valence-electron chi connectivity index (χ3n) is 2.00. The SMILES string of the molecule is O=C(O)COCCNC(=O)C=Cc1ccccc1. The van der Waals surface area contributed by atoms with E-state index in [-0.39, 0.29) is 25.7 Å². The molecule has 18 heavy (non-hydrogen) atoms. The molecular formula is C13H15NO4. The highest BCUT2D eigenvalue weighted by atomic mass is 16.5. The van der Waals surface area contributed by atoms with E-state index in [1.54, 1.807) is 6.08 Å². The number of carboxylic acid groups (broad SMARTS) is 1. The van der Waals surface area contributed by atoms with Crippen molar-refractivity contribution < 1.29 is 19.4 Å². The van der Waals surface area contributed by atoms with Gasteiger partial charge in [-0.05, 0) is 11.6 Å². The molecule has 0 aliphatic rings. The predicted octanol–water partition coefficient (Wildman–Crippen LogP) is 0.917. The molecule has 0 bridgehead atoms. The first kappa shape index (κ1) is 13.9. The minimum Gasteiger partial charge on any atom is -0.480 e. The number of carbonyl (C=O) groups is 2. The number of ether oxygens (including phenoxy) is 1. The zero-order chi connectivity index (χ0) is 13.2. The minimum atomic E-state index is -1.02. The lowest BCUT2D eigenvalue weighted by molar-refractivity contribution is -0.142. The highest BCUT2D eigenvalue weighted by Gasteiger charge is 1.97. The number of rotatable bonds is 7. The van der Waals surface area contributed by atoms with Crippen molar-refractivity contribution in [3.8, 4) is 0 Å². The Morgan fingerprint density at radius 2 is 2.00 bits per heavy atom. The highest BCUT2D eigenvalue weighted by Crippen LogP contribution is 2.00. The molecule has 0 spiro atoms. The van der Waals surface area contributed by atoms with Gasteiger partial charge in [0.25, 0.3) is 0 Å². The molecule has 5 heteroatoms. The molecule has 1 amide bonds. The van der Waals surface area contributed by atoms with Gasteiger partial charge in [0.1, 0.15) is 6.61 Å². The van der Waals surface area contributed by atoms with E-state index < -0.39 is 5.97 Å². The minimum absolute atomic E-state index is 0.178. The van der Waals surface area contributed by atoms with Crippen molar-refractivity contribution in [3.05, 3.63) is 42.0 Å². The summed E-state index contributed by atoms with van der Waals surface area (Å²) in [5.41, 5.74) is 0.940. The second kappa shape index (κ2) is 8.03. The van der Waals surface area contributed by atoms with Crippen LogP contribution in [0.3, 0.4) is 0 Å². The summed E-state index contributed by atoms with van der Waals surface area (Å²) in [6.45, 7) is 0.109. The smallest absolute Gasteiger partial charge is 0.329 e. The quantitative estimate of drug-likeness (QED) is 0.556. The average molecular weight is 249 g/mol. The van der Waals surface area contributed by atoms with Gasteiger partial charge in [0, 0.05) is 12.6 Å². The summed E-state index contributed by atoms with van der Waals surface area (Å²) in [5.74, 6) is -1.26. The fourth-order valence-electron chi connectivity index (χ4n) is 1.20. The van der Waals surface area contributed by atoms with Gasteiger partial charge in [-0.2, -0.15) is 0 Å². The molecule has 1 rings (SSSR count). The third-order valence-corrected chi connectivity index (χ3v) is 2.00. The van der Waals surface area contributed by atoms with Gasteiger partial charge in [-0.1, -0.05) is 30.3 Å². The number of hydrogen-bond donors (Lipinski definition) is 2. The number of aliphatic carboxylic acids is 1. The fourth-order valence-corrected chi connectivity index (χ4v) is 1.20. The molecule has 0 saturated carbocycles. The molecule has 1 aromatic rings. The van der Waals surface area contributed by atoms with Crippen molar-refractivity contribution in [1.29, 1.82) is 0 Å². The van der Waals surface area contributed by atoms with Crippen molar-refractivity contribution >= 4 is 18.0 Å². The molecule has 0 aliphatic carbocycles. The van der Waals surface area contributed by atoms with Crippen LogP contribution in [0.5, 0.6) is 0 Å². The summed E-state index contributed by atoms with van der Waals surface area (Å²) in [4.78, 5) is 21.5. The van der Waals surface area contributed by atoms with Gasteiger partial charge in [0.15, 0.2) is 0 Å². The number of benzene rings is 1. The molecule has 2 N–H and O–H groups in total. The largest absolute Gasteiger partial charge is 0.480 e. The summed E-state index contributed by atoms with van der Waals surface area (Å²) in [6.07, 6.45) is 3.12. The maximum atomic E-state index is 11.3. The average Bonchev–Trinajstić information content (AvgIpc) is 2.37. The Balaban J connectivity index is 2.18. The van der Waals surface area contributed by atoms with Gasteiger partial charge >= 0.3 is 5.97 Å². The topological polar surface area (TPSA) is 75.6 Å². The number of carbonyl (C=O) groups excluding carboxylic acids is 1. The van der Waals surface area contributed by atoms with Crippen molar-refractivity contribution in [1.82, 2.24) is 5.32 Å². The lowest BCUT2D eigenvalue weighted by Gasteiger charge is -2.02. The Hall–Kier alpha value is -2.14. The molecule has 0 fully saturated rings. The van der Waals surface area contributed by atoms with E-state index in [4.69, 9.17) is 9.84 Å². The van der Waals surface area contributed by atoms with E-state index in [2.05, 4.69) is 5.32 Å². The molecule has 0 atom stereocenters. The van der Waals surface area contributed by atoms with Gasteiger partial charge in [-0.15, -0.1) is 0 Å². The Labute approximate surface area is 105 Å². The molecule has 0 aromatic heterocycles. The van der Waals surface area contributed by atoms with Crippen LogP contribution in [0, 0.1) is 0 Å². The first-order chi connectivity index (χ1) is 8.68. The molecule has 5 nitrogen and oxygen atoms in total. The molecule has 96 valence electrons. The maximum absolute atomic E-state index is 11.3. The van der Waals surface area contributed by atoms with Crippen molar-refractivity contribution in [3.63, 3.8) is 0 Å². The van der Waals surface area contributed by atoms with Crippen LogP contribution in [0.2, 0.25) is 0 Å². The van der Waals surface area contributed by atoms with Crippen LogP contribution < -0.4 is 5.32 Å². The molecule has 0 aliphatic heterocycles. The number of nitrogens with one attached hydrogen (secondary N) is 1. The molecule has 0 saturated heterocycles. The zero-order valence-electron chi connectivity index (χ0n) is 9.83. The Morgan fingerprint density at radius 1 is 1.28 bits per heavy atom. The van der Waals surface area contributed by atoms with Crippen molar-refractivity contribution in [2.75, 3.05) is 19.8 Å². The molecule has 0 unspecified atom stereocenters. The second-order valence-electron chi connectivity index (χ2n) is 3.48. The van der Waals surface area contributed by atoms with Gasteiger partial charge in [-0.25, -0.2) is 4.79 Å². The van der Waals surface area contributed by atoms with Gasteiger partial charge in [0.2, 0.25) is 5.91 Å². The van der Waals surface area contributed by atoms with Crippen LogP contribution >= 0.6 is 0 Å². The van der Waals surface area contributed by atoms with Gasteiger partial charge in [-0.3, -0.25) is 4.79 Å². The summed E-state index contributed by atoms with van der Waals surface area (Å²) in [7, 11) is 0. The molecule has 0 radical (unpaired) electrons. The number of amides is 1. The van der Waals surface area contributed by atoms with Crippen LogP contribution in [0.4, 0.5) is 0 Å². The van der Waals surface area contributed by atoms with Gasteiger partial charge in [0.05, 0.1) is 6.61 Å². The maximum Gasteiger partial charge on any atom is 0.329 e. The van der Waals surface area contributed by atoms with E-state index in [1.807, 2.05) is 30.3 Å². The van der Waals surface area contributed by atoms with Crippen LogP contribution in [0.25, 0.3) is 6.08 Å². The monoisotopic (exact) mass is 249 g/mol. The lowest BCUT2D eigenvalue weighted by Crippen LogP contribution is -2.26. The Morgan fingerprint density at radius 3 is 2.67 bits per heavy atom. The summed E-state index contributed by atoms with van der Waals surface area (Å²) in [6, 6.07) is 9.45. The summed E-state index contributed by atoms with van der Waals surface area (Å²) < 4.78 is 4.77. The third kappa shape index (κ3) is 6.44. The normalized spacial score (nSPS) is 10.4. The molecular weight excluding hydrogens is 234 g/mol. The number of carboxylic acids is 1. The predicted molar refractivity (Wildman–Crippen MR) is 66.9 cm³/mol. The van der Waals surface area contributed by atoms with E-state index in [9.17, 15) is 9.59 Å². The van der Waals surface area contributed by atoms with E-state index in [0.29, 0.717) is 0 Å². The van der Waals surface area contributed by atoms with E-state index >= 15 is 0 Å². The molecule has 0 heterocycles. The lowest BCUT2D eigenvalue weighted by atomic mass is 10.2. The summed E-state index contributed by atoms with van der Waals surface area (Å²) >= 11 is 0. The Kier molecular flexibility index (Phi) is 6.21. The van der Waals surface area contributed by atoms with Gasteiger partial charge < -0.3 is 15.2 Å². The van der Waals surface area contributed by atoms with E-state index in [0.717, 1.165) is 5.56 Å². The Bertz CT molecular complexity index is 414. The summed E-state index contributed by atoms with van der Waals surface area (Å²) in [5, 5.41) is 10.9. The number of hydrogen-bond acceptors (Lipinski definition) is 3. The van der Waals surface area contributed by atoms with Crippen molar-refractivity contribution in [2.45, 2.75) is 0 Å².